The fourth-order valence-corrected chi connectivity index (χ4v) is 3.73. The summed E-state index contributed by atoms with van der Waals surface area (Å²) in [6, 6.07) is 16.6. The Morgan fingerprint density at radius 1 is 1.03 bits per heavy atom. The van der Waals surface area contributed by atoms with Crippen molar-refractivity contribution < 1.29 is 9.84 Å². The Labute approximate surface area is 174 Å². The highest BCUT2D eigenvalue weighted by molar-refractivity contribution is 6.30. The van der Waals surface area contributed by atoms with Gasteiger partial charge in [-0.15, -0.1) is 0 Å². The average Bonchev–Trinajstić information content (AvgIpc) is 2.73. The van der Waals surface area contributed by atoms with Crippen LogP contribution in [-0.4, -0.2) is 60.4 Å². The fourth-order valence-electron chi connectivity index (χ4n) is 3.61. The van der Waals surface area contributed by atoms with Crippen molar-refractivity contribution in [1.82, 2.24) is 9.88 Å². The molecule has 2 aromatic carbocycles. The quantitative estimate of drug-likeness (QED) is 0.650. The molecule has 0 amide bonds. The predicted molar refractivity (Wildman–Crippen MR) is 116 cm³/mol. The van der Waals surface area contributed by atoms with E-state index in [9.17, 15) is 9.90 Å². The van der Waals surface area contributed by atoms with E-state index in [2.05, 4.69) is 14.8 Å². The maximum absolute atomic E-state index is 11.4. The molecule has 1 aromatic heterocycles. The smallest absolute Gasteiger partial charge is 0.248 e. The third-order valence-corrected chi connectivity index (χ3v) is 5.42. The lowest BCUT2D eigenvalue weighted by molar-refractivity contribution is 0.0663. The number of piperazine rings is 1. The maximum Gasteiger partial charge on any atom is 0.248 e. The molecular formula is C22H24ClN3O3. The number of ether oxygens (including phenoxy) is 1. The maximum atomic E-state index is 11.4. The Morgan fingerprint density at radius 3 is 2.55 bits per heavy atom. The summed E-state index contributed by atoms with van der Waals surface area (Å²) in [5.41, 5.74) is 1.82. The number of aliphatic hydroxyl groups excluding tert-OH is 1. The van der Waals surface area contributed by atoms with Crippen molar-refractivity contribution in [1.29, 1.82) is 0 Å². The molecule has 6 nitrogen and oxygen atoms in total. The van der Waals surface area contributed by atoms with Gasteiger partial charge in [-0.25, -0.2) is 0 Å². The third kappa shape index (κ3) is 5.09. The van der Waals surface area contributed by atoms with Crippen LogP contribution in [0, 0.1) is 0 Å². The summed E-state index contributed by atoms with van der Waals surface area (Å²) in [6.45, 7) is 4.42. The molecular weight excluding hydrogens is 390 g/mol. The molecule has 1 fully saturated rings. The number of H-pyrrole nitrogens is 1. The minimum absolute atomic E-state index is 0.127. The molecule has 29 heavy (non-hydrogen) atoms. The Balaban J connectivity index is 1.25. The Hall–Kier alpha value is -2.54. The zero-order valence-corrected chi connectivity index (χ0v) is 16.8. The van der Waals surface area contributed by atoms with Gasteiger partial charge < -0.3 is 19.7 Å². The van der Waals surface area contributed by atoms with Gasteiger partial charge in [0.2, 0.25) is 5.56 Å². The van der Waals surface area contributed by atoms with Crippen molar-refractivity contribution in [2.24, 2.45) is 0 Å². The normalized spacial score (nSPS) is 16.1. The van der Waals surface area contributed by atoms with E-state index in [1.807, 2.05) is 36.4 Å². The van der Waals surface area contributed by atoms with Gasteiger partial charge in [-0.3, -0.25) is 9.69 Å². The lowest BCUT2D eigenvalue weighted by Crippen LogP contribution is -2.49. The Kier molecular flexibility index (Phi) is 6.04. The third-order valence-electron chi connectivity index (χ3n) is 5.17. The van der Waals surface area contributed by atoms with E-state index in [-0.39, 0.29) is 12.2 Å². The molecule has 1 aliphatic rings. The number of aromatic amines is 1. The first-order valence-corrected chi connectivity index (χ1v) is 10.1. The van der Waals surface area contributed by atoms with Crippen LogP contribution < -0.4 is 15.2 Å². The standard InChI is InChI=1S/C22H24ClN3O3/c23-17-2-4-18(5-3-17)26-11-9-25(10-12-26)14-19(27)15-29-20-6-7-21-16(13-20)1-8-22(28)24-21/h1-8,13,19,27H,9-12,14-15H2,(H,24,28)/t19-/m1/s1. The Morgan fingerprint density at radius 2 is 1.79 bits per heavy atom. The summed E-state index contributed by atoms with van der Waals surface area (Å²) in [5.74, 6) is 0.677. The summed E-state index contributed by atoms with van der Waals surface area (Å²) in [6.07, 6.45) is -0.566. The van der Waals surface area contributed by atoms with Crippen LogP contribution in [0.4, 0.5) is 5.69 Å². The van der Waals surface area contributed by atoms with E-state index in [0.29, 0.717) is 12.3 Å². The zero-order chi connectivity index (χ0) is 20.2. The van der Waals surface area contributed by atoms with Gasteiger partial charge in [0, 0.05) is 60.4 Å². The monoisotopic (exact) mass is 413 g/mol. The lowest BCUT2D eigenvalue weighted by atomic mass is 10.2. The molecule has 3 aromatic rings. The summed E-state index contributed by atoms with van der Waals surface area (Å²) < 4.78 is 5.76. The van der Waals surface area contributed by atoms with Gasteiger partial charge in [0.1, 0.15) is 18.5 Å². The number of rotatable bonds is 6. The van der Waals surface area contributed by atoms with Gasteiger partial charge in [0.05, 0.1) is 0 Å². The first kappa shape index (κ1) is 19.8. The van der Waals surface area contributed by atoms with Crippen LogP contribution in [0.3, 0.4) is 0 Å². The number of β-amino-alcohol motifs (C(OH)–C–C–N with tert-alkyl or cyclic N) is 1. The number of halogens is 1. The molecule has 4 rings (SSSR count). The van der Waals surface area contributed by atoms with Gasteiger partial charge in [-0.05, 0) is 48.5 Å². The molecule has 0 radical (unpaired) electrons. The van der Waals surface area contributed by atoms with E-state index in [1.165, 1.54) is 11.8 Å². The predicted octanol–water partition coefficient (Wildman–Crippen LogP) is 2.74. The van der Waals surface area contributed by atoms with Gasteiger partial charge in [0.15, 0.2) is 0 Å². The van der Waals surface area contributed by atoms with Gasteiger partial charge >= 0.3 is 0 Å². The van der Waals surface area contributed by atoms with Gasteiger partial charge in [-0.2, -0.15) is 0 Å². The molecule has 0 unspecified atom stereocenters. The second kappa shape index (κ2) is 8.86. The molecule has 0 aliphatic carbocycles. The van der Waals surface area contributed by atoms with E-state index in [0.717, 1.165) is 42.1 Å². The molecule has 152 valence electrons. The second-order valence-corrected chi connectivity index (χ2v) is 7.74. The van der Waals surface area contributed by atoms with Gasteiger partial charge in [0.25, 0.3) is 0 Å². The molecule has 0 spiro atoms. The molecule has 0 saturated carbocycles. The van der Waals surface area contributed by atoms with Crippen molar-refractivity contribution in [3.63, 3.8) is 0 Å². The first-order valence-electron chi connectivity index (χ1n) is 9.74. The highest BCUT2D eigenvalue weighted by Crippen LogP contribution is 2.20. The van der Waals surface area contributed by atoms with E-state index >= 15 is 0 Å². The number of anilines is 1. The van der Waals surface area contributed by atoms with Crippen LogP contribution in [-0.2, 0) is 0 Å². The van der Waals surface area contributed by atoms with Crippen molar-refractivity contribution in [2.75, 3.05) is 44.2 Å². The van der Waals surface area contributed by atoms with E-state index < -0.39 is 6.10 Å². The number of nitrogens with one attached hydrogen (secondary N) is 1. The largest absolute Gasteiger partial charge is 0.491 e. The van der Waals surface area contributed by atoms with Crippen molar-refractivity contribution >= 4 is 28.2 Å². The number of pyridine rings is 1. The molecule has 0 bridgehead atoms. The number of fused-ring (bicyclic) bond motifs is 1. The van der Waals surface area contributed by atoms with Gasteiger partial charge in [-0.1, -0.05) is 11.6 Å². The number of nitrogens with zero attached hydrogens (tertiary/aromatic N) is 2. The highest BCUT2D eigenvalue weighted by atomic mass is 35.5. The van der Waals surface area contributed by atoms with Crippen molar-refractivity contribution in [2.45, 2.75) is 6.10 Å². The molecule has 7 heteroatoms. The topological polar surface area (TPSA) is 68.8 Å². The average molecular weight is 414 g/mol. The molecule has 2 heterocycles. The fraction of sp³-hybridized carbons (Fsp3) is 0.318. The minimum atomic E-state index is -0.566. The van der Waals surface area contributed by atoms with E-state index in [4.69, 9.17) is 16.3 Å². The molecule has 1 saturated heterocycles. The van der Waals surface area contributed by atoms with Crippen LogP contribution >= 0.6 is 11.6 Å². The lowest BCUT2D eigenvalue weighted by Gasteiger charge is -2.36. The van der Waals surface area contributed by atoms with Crippen LogP contribution in [0.25, 0.3) is 10.9 Å². The minimum Gasteiger partial charge on any atom is -0.491 e. The van der Waals surface area contributed by atoms with Crippen LogP contribution in [0.2, 0.25) is 5.02 Å². The SMILES string of the molecule is O=c1ccc2cc(OC[C@H](O)CN3CCN(c4ccc(Cl)cc4)CC3)ccc2[nH]1. The first-order chi connectivity index (χ1) is 14.1. The van der Waals surface area contributed by atoms with Crippen LogP contribution in [0.5, 0.6) is 5.75 Å². The van der Waals surface area contributed by atoms with Crippen LogP contribution in [0.1, 0.15) is 0 Å². The van der Waals surface area contributed by atoms with Crippen LogP contribution in [0.15, 0.2) is 59.4 Å². The number of benzene rings is 2. The molecule has 1 aliphatic heterocycles. The Bertz CT molecular complexity index is 1010. The zero-order valence-electron chi connectivity index (χ0n) is 16.1. The summed E-state index contributed by atoms with van der Waals surface area (Å²) in [4.78, 5) is 18.7. The van der Waals surface area contributed by atoms with Crippen molar-refractivity contribution in [3.8, 4) is 5.75 Å². The van der Waals surface area contributed by atoms with Crippen molar-refractivity contribution in [3.05, 3.63) is 70.0 Å². The summed E-state index contributed by atoms with van der Waals surface area (Å²) >= 11 is 5.96. The summed E-state index contributed by atoms with van der Waals surface area (Å²) in [7, 11) is 0. The number of aromatic nitrogens is 1. The highest BCUT2D eigenvalue weighted by Gasteiger charge is 2.19. The number of hydrogen-bond donors (Lipinski definition) is 2. The molecule has 2 N–H and O–H groups in total. The summed E-state index contributed by atoms with van der Waals surface area (Å²) in [5, 5.41) is 12.0. The number of hydrogen-bond acceptors (Lipinski definition) is 5. The number of aliphatic hydroxyl groups is 1. The second-order valence-electron chi connectivity index (χ2n) is 7.30. The van der Waals surface area contributed by atoms with E-state index in [1.54, 1.807) is 12.1 Å². The molecule has 1 atom stereocenters.